The van der Waals surface area contributed by atoms with Gasteiger partial charge in [-0.1, -0.05) is 13.0 Å². The highest BCUT2D eigenvalue weighted by Gasteiger charge is 2.26. The molecular formula is C14H19F2NO2. The van der Waals surface area contributed by atoms with E-state index < -0.39 is 24.0 Å². The zero-order valence-electron chi connectivity index (χ0n) is 11.0. The van der Waals surface area contributed by atoms with Crippen molar-refractivity contribution in [2.24, 2.45) is 0 Å². The van der Waals surface area contributed by atoms with Crippen LogP contribution in [0, 0.1) is 11.6 Å². The third kappa shape index (κ3) is 3.72. The highest BCUT2D eigenvalue weighted by molar-refractivity contribution is 5.23. The summed E-state index contributed by atoms with van der Waals surface area (Å²) in [6, 6.07) is 3.47. The lowest BCUT2D eigenvalue weighted by Gasteiger charge is -2.22. The first-order valence-corrected chi connectivity index (χ1v) is 6.63. The van der Waals surface area contributed by atoms with Gasteiger partial charge < -0.3 is 14.8 Å². The average Bonchev–Trinajstić information content (AvgIpc) is 2.88. The molecule has 1 heterocycles. The summed E-state index contributed by atoms with van der Waals surface area (Å²) in [6.45, 7) is 3.76. The molecule has 1 fully saturated rings. The van der Waals surface area contributed by atoms with Crippen LogP contribution in [-0.4, -0.2) is 26.0 Å². The van der Waals surface area contributed by atoms with E-state index in [0.29, 0.717) is 26.2 Å². The maximum atomic E-state index is 13.8. The van der Waals surface area contributed by atoms with E-state index in [0.717, 1.165) is 6.42 Å². The Morgan fingerprint density at radius 1 is 1.26 bits per heavy atom. The van der Waals surface area contributed by atoms with Crippen LogP contribution in [0.1, 0.15) is 31.4 Å². The maximum absolute atomic E-state index is 13.8. The van der Waals surface area contributed by atoms with Crippen LogP contribution in [-0.2, 0) is 9.47 Å². The minimum absolute atomic E-state index is 0.0649. The molecule has 1 aliphatic heterocycles. The highest BCUT2D eigenvalue weighted by Crippen LogP contribution is 2.26. The van der Waals surface area contributed by atoms with Crippen LogP contribution in [0.15, 0.2) is 18.2 Å². The molecule has 5 heteroatoms. The van der Waals surface area contributed by atoms with Gasteiger partial charge in [-0.05, 0) is 25.1 Å². The van der Waals surface area contributed by atoms with Crippen molar-refractivity contribution in [3.63, 3.8) is 0 Å². The molecule has 19 heavy (non-hydrogen) atoms. The zero-order chi connectivity index (χ0) is 13.7. The average molecular weight is 271 g/mol. The zero-order valence-corrected chi connectivity index (χ0v) is 11.0. The molecule has 0 spiro atoms. The number of benzene rings is 1. The fraction of sp³-hybridized carbons (Fsp3) is 0.571. The van der Waals surface area contributed by atoms with Gasteiger partial charge in [-0.2, -0.15) is 0 Å². The third-order valence-electron chi connectivity index (χ3n) is 3.11. The summed E-state index contributed by atoms with van der Waals surface area (Å²) in [6.07, 6.45) is 0.893. The Bertz CT molecular complexity index is 388. The van der Waals surface area contributed by atoms with Gasteiger partial charge in [0.25, 0.3) is 0 Å². The van der Waals surface area contributed by atoms with Crippen LogP contribution in [0.5, 0.6) is 0 Å². The molecule has 0 bridgehead atoms. The largest absolute Gasteiger partial charge is 0.350 e. The van der Waals surface area contributed by atoms with Crippen molar-refractivity contribution in [1.82, 2.24) is 5.32 Å². The van der Waals surface area contributed by atoms with E-state index in [4.69, 9.17) is 9.47 Å². The summed E-state index contributed by atoms with van der Waals surface area (Å²) in [4.78, 5) is 0. The molecule has 0 aliphatic carbocycles. The standard InChI is InChI=1S/C14H19F2NO2/c1-2-6-17-12(9-13-18-7-8-19-13)14-10(15)4-3-5-11(14)16/h3-5,12-13,17H,2,6-9H2,1H3. The third-order valence-corrected chi connectivity index (χ3v) is 3.11. The Hall–Kier alpha value is -1.04. The Labute approximate surface area is 111 Å². The minimum atomic E-state index is -0.536. The van der Waals surface area contributed by atoms with Crippen molar-refractivity contribution in [3.8, 4) is 0 Å². The van der Waals surface area contributed by atoms with E-state index in [-0.39, 0.29) is 5.56 Å². The highest BCUT2D eigenvalue weighted by atomic mass is 19.1. The minimum Gasteiger partial charge on any atom is -0.350 e. The second kappa shape index (κ2) is 6.93. The Kier molecular flexibility index (Phi) is 5.24. The molecule has 1 unspecified atom stereocenters. The van der Waals surface area contributed by atoms with Crippen molar-refractivity contribution >= 4 is 0 Å². The molecule has 3 nitrogen and oxygen atoms in total. The van der Waals surface area contributed by atoms with Crippen LogP contribution in [0.3, 0.4) is 0 Å². The lowest BCUT2D eigenvalue weighted by atomic mass is 10.0. The molecular weight excluding hydrogens is 252 g/mol. The molecule has 2 rings (SSSR count). The molecule has 1 saturated heterocycles. The van der Waals surface area contributed by atoms with Crippen molar-refractivity contribution in [2.75, 3.05) is 19.8 Å². The molecule has 0 aromatic heterocycles. The summed E-state index contributed by atoms with van der Waals surface area (Å²) < 4.78 is 38.4. The fourth-order valence-corrected chi connectivity index (χ4v) is 2.20. The first-order valence-electron chi connectivity index (χ1n) is 6.63. The van der Waals surface area contributed by atoms with Gasteiger partial charge in [0.2, 0.25) is 0 Å². The van der Waals surface area contributed by atoms with Crippen LogP contribution in [0.4, 0.5) is 8.78 Å². The number of rotatable bonds is 6. The van der Waals surface area contributed by atoms with Crippen molar-refractivity contribution in [2.45, 2.75) is 32.1 Å². The predicted octanol–water partition coefficient (Wildman–Crippen LogP) is 2.77. The lowest BCUT2D eigenvalue weighted by molar-refractivity contribution is -0.0533. The fourth-order valence-electron chi connectivity index (χ4n) is 2.20. The van der Waals surface area contributed by atoms with E-state index in [1.165, 1.54) is 18.2 Å². The van der Waals surface area contributed by atoms with Gasteiger partial charge in [0.05, 0.1) is 13.2 Å². The van der Waals surface area contributed by atoms with Crippen LogP contribution < -0.4 is 5.32 Å². The molecule has 106 valence electrons. The summed E-state index contributed by atoms with van der Waals surface area (Å²) in [5.74, 6) is -1.07. The monoisotopic (exact) mass is 271 g/mol. The first-order chi connectivity index (χ1) is 9.22. The van der Waals surface area contributed by atoms with Crippen LogP contribution in [0.2, 0.25) is 0 Å². The first kappa shape index (κ1) is 14.4. The van der Waals surface area contributed by atoms with E-state index in [1.807, 2.05) is 6.92 Å². The Morgan fingerprint density at radius 3 is 2.47 bits per heavy atom. The van der Waals surface area contributed by atoms with Gasteiger partial charge in [0, 0.05) is 18.0 Å². The van der Waals surface area contributed by atoms with Crippen LogP contribution >= 0.6 is 0 Å². The quantitative estimate of drug-likeness (QED) is 0.863. The van der Waals surface area contributed by atoms with Gasteiger partial charge in [0.1, 0.15) is 11.6 Å². The SMILES string of the molecule is CCCNC(CC1OCCO1)c1c(F)cccc1F. The normalized spacial score (nSPS) is 17.8. The number of ether oxygens (including phenoxy) is 2. The Morgan fingerprint density at radius 2 is 1.89 bits per heavy atom. The molecule has 1 aromatic rings. The van der Waals surface area contributed by atoms with Gasteiger partial charge in [-0.25, -0.2) is 8.78 Å². The molecule has 1 N–H and O–H groups in total. The van der Waals surface area contributed by atoms with Crippen LogP contribution in [0.25, 0.3) is 0 Å². The van der Waals surface area contributed by atoms with Gasteiger partial charge in [-0.3, -0.25) is 0 Å². The molecule has 0 amide bonds. The lowest BCUT2D eigenvalue weighted by Crippen LogP contribution is -2.28. The summed E-state index contributed by atoms with van der Waals surface area (Å²) in [7, 11) is 0. The molecule has 1 atom stereocenters. The smallest absolute Gasteiger partial charge is 0.159 e. The van der Waals surface area contributed by atoms with Crippen molar-refractivity contribution in [1.29, 1.82) is 0 Å². The number of nitrogens with one attached hydrogen (secondary N) is 1. The molecule has 0 saturated carbocycles. The van der Waals surface area contributed by atoms with E-state index in [2.05, 4.69) is 5.32 Å². The van der Waals surface area contributed by atoms with Gasteiger partial charge in [-0.15, -0.1) is 0 Å². The summed E-state index contributed by atoms with van der Waals surface area (Å²) >= 11 is 0. The van der Waals surface area contributed by atoms with Gasteiger partial charge >= 0.3 is 0 Å². The molecule has 1 aromatic carbocycles. The maximum Gasteiger partial charge on any atom is 0.159 e. The Balaban J connectivity index is 2.15. The second-order valence-electron chi connectivity index (χ2n) is 4.55. The molecule has 1 aliphatic rings. The number of hydrogen-bond acceptors (Lipinski definition) is 3. The topological polar surface area (TPSA) is 30.5 Å². The van der Waals surface area contributed by atoms with Gasteiger partial charge in [0.15, 0.2) is 6.29 Å². The van der Waals surface area contributed by atoms with E-state index in [9.17, 15) is 8.78 Å². The van der Waals surface area contributed by atoms with E-state index >= 15 is 0 Å². The number of hydrogen-bond donors (Lipinski definition) is 1. The predicted molar refractivity (Wildman–Crippen MR) is 67.7 cm³/mol. The van der Waals surface area contributed by atoms with E-state index in [1.54, 1.807) is 0 Å². The molecule has 0 radical (unpaired) electrons. The second-order valence-corrected chi connectivity index (χ2v) is 4.55. The summed E-state index contributed by atoms with van der Waals surface area (Å²) in [5, 5.41) is 3.15. The van der Waals surface area contributed by atoms with Crippen molar-refractivity contribution < 1.29 is 18.3 Å². The van der Waals surface area contributed by atoms with Crippen molar-refractivity contribution in [3.05, 3.63) is 35.4 Å². The summed E-state index contributed by atoms with van der Waals surface area (Å²) in [5.41, 5.74) is 0.0649. The number of halogens is 2.